The summed E-state index contributed by atoms with van der Waals surface area (Å²) in [5, 5.41) is 11.0. The van der Waals surface area contributed by atoms with Crippen molar-refractivity contribution in [2.75, 3.05) is 28.4 Å². The quantitative estimate of drug-likeness (QED) is 0.227. The maximum atomic E-state index is 11.1. The molecule has 1 heterocycles. The number of ether oxygens (including phenoxy) is 5. The number of thiophene rings is 1. The van der Waals surface area contributed by atoms with Crippen LogP contribution in [0, 0.1) is 10.1 Å². The second-order valence-corrected chi connectivity index (χ2v) is 7.61. The summed E-state index contributed by atoms with van der Waals surface area (Å²) in [6, 6.07) is 12.9. The van der Waals surface area contributed by atoms with Gasteiger partial charge < -0.3 is 23.7 Å². The topological polar surface area (TPSA) is 89.3 Å². The molecule has 3 rings (SSSR count). The average molecular weight is 458 g/mol. The van der Waals surface area contributed by atoms with Crippen LogP contribution in [0.5, 0.6) is 28.7 Å². The van der Waals surface area contributed by atoms with Crippen LogP contribution in [0.15, 0.2) is 42.5 Å². The van der Waals surface area contributed by atoms with Gasteiger partial charge in [0.2, 0.25) is 11.5 Å². The van der Waals surface area contributed by atoms with Crippen molar-refractivity contribution in [3.8, 4) is 28.7 Å². The van der Waals surface area contributed by atoms with E-state index in [1.807, 2.05) is 48.6 Å². The van der Waals surface area contributed by atoms with E-state index in [0.29, 0.717) is 27.9 Å². The van der Waals surface area contributed by atoms with E-state index >= 15 is 0 Å². The highest BCUT2D eigenvalue weighted by atomic mass is 32.1. The number of benzene rings is 2. The minimum atomic E-state index is -0.457. The van der Waals surface area contributed by atoms with Gasteiger partial charge in [-0.3, -0.25) is 10.1 Å². The van der Waals surface area contributed by atoms with Gasteiger partial charge in [-0.05, 0) is 35.4 Å². The van der Waals surface area contributed by atoms with Gasteiger partial charge in [-0.2, -0.15) is 0 Å². The van der Waals surface area contributed by atoms with Crippen molar-refractivity contribution in [2.24, 2.45) is 0 Å². The van der Waals surface area contributed by atoms with Gasteiger partial charge in [0, 0.05) is 6.07 Å². The predicted octanol–water partition coefficient (Wildman–Crippen LogP) is 5.44. The van der Waals surface area contributed by atoms with E-state index in [1.165, 1.54) is 7.11 Å². The van der Waals surface area contributed by atoms with E-state index in [4.69, 9.17) is 23.7 Å². The van der Waals surface area contributed by atoms with Crippen molar-refractivity contribution in [2.45, 2.75) is 6.61 Å². The van der Waals surface area contributed by atoms with Crippen LogP contribution in [-0.4, -0.2) is 33.4 Å². The van der Waals surface area contributed by atoms with Crippen molar-refractivity contribution in [1.82, 2.24) is 0 Å². The molecule has 0 aliphatic rings. The van der Waals surface area contributed by atoms with Crippen LogP contribution >= 0.6 is 11.3 Å². The fourth-order valence-electron chi connectivity index (χ4n) is 3.01. The second-order valence-electron chi connectivity index (χ2n) is 6.50. The van der Waals surface area contributed by atoms with Gasteiger partial charge in [-0.25, -0.2) is 0 Å². The molecule has 168 valence electrons. The normalized spacial score (nSPS) is 10.8. The van der Waals surface area contributed by atoms with E-state index in [2.05, 4.69) is 0 Å². The monoisotopic (exact) mass is 457 g/mol. The standard InChI is InChI=1S/C23H23NO7S/c1-27-19-11-16(12-20(28-2)22(19)30-4)9-8-15-6-5-7-17(10-15)31-14-18-13-21(29-3)23(32-18)24(25)26/h5-13H,14H2,1-4H3/b9-8-. The SMILES string of the molecule is COc1cc(COc2cccc(/C=C\c3cc(OC)c(OC)c(OC)c3)c2)sc1[N+](=O)[O-]. The van der Waals surface area contributed by atoms with Gasteiger partial charge in [0.1, 0.15) is 12.4 Å². The Labute approximate surface area is 189 Å². The smallest absolute Gasteiger partial charge is 0.366 e. The summed E-state index contributed by atoms with van der Waals surface area (Å²) in [5.41, 5.74) is 1.80. The molecule has 0 N–H and O–H groups in total. The Balaban J connectivity index is 1.74. The van der Waals surface area contributed by atoms with E-state index in [9.17, 15) is 10.1 Å². The summed E-state index contributed by atoms with van der Waals surface area (Å²) in [4.78, 5) is 11.3. The minimum Gasteiger partial charge on any atom is -0.493 e. The van der Waals surface area contributed by atoms with Crippen molar-refractivity contribution in [3.63, 3.8) is 0 Å². The molecule has 0 amide bonds. The third-order valence-electron chi connectivity index (χ3n) is 4.51. The highest BCUT2D eigenvalue weighted by molar-refractivity contribution is 7.15. The van der Waals surface area contributed by atoms with Crippen LogP contribution in [0.1, 0.15) is 16.0 Å². The summed E-state index contributed by atoms with van der Waals surface area (Å²) < 4.78 is 27.0. The highest BCUT2D eigenvalue weighted by Gasteiger charge is 2.20. The first-order valence-corrected chi connectivity index (χ1v) is 10.3. The van der Waals surface area contributed by atoms with E-state index < -0.39 is 4.92 Å². The molecule has 2 aromatic carbocycles. The first kappa shape index (κ1) is 23.0. The number of hydrogen-bond acceptors (Lipinski definition) is 8. The van der Waals surface area contributed by atoms with Gasteiger partial charge in [-0.1, -0.05) is 35.6 Å². The molecule has 0 unspecified atom stereocenters. The van der Waals surface area contributed by atoms with Crippen molar-refractivity contribution < 1.29 is 28.6 Å². The zero-order chi connectivity index (χ0) is 23.1. The van der Waals surface area contributed by atoms with Crippen LogP contribution in [0.2, 0.25) is 0 Å². The van der Waals surface area contributed by atoms with Crippen molar-refractivity contribution in [1.29, 1.82) is 0 Å². The molecule has 0 spiro atoms. The minimum absolute atomic E-state index is 0.0341. The van der Waals surface area contributed by atoms with E-state index in [0.717, 1.165) is 22.5 Å². The lowest BCUT2D eigenvalue weighted by molar-refractivity contribution is -0.381. The molecule has 0 bridgehead atoms. The Kier molecular flexibility index (Phi) is 7.56. The van der Waals surface area contributed by atoms with Crippen LogP contribution in [-0.2, 0) is 6.61 Å². The van der Waals surface area contributed by atoms with Gasteiger partial charge in [-0.15, -0.1) is 0 Å². The van der Waals surface area contributed by atoms with Gasteiger partial charge in [0.25, 0.3) is 0 Å². The lowest BCUT2D eigenvalue weighted by Crippen LogP contribution is -1.95. The third kappa shape index (κ3) is 5.30. The Hall–Kier alpha value is -3.72. The molecule has 3 aromatic rings. The second kappa shape index (κ2) is 10.5. The van der Waals surface area contributed by atoms with E-state index in [-0.39, 0.29) is 17.4 Å². The highest BCUT2D eigenvalue weighted by Crippen LogP contribution is 2.39. The lowest BCUT2D eigenvalue weighted by atomic mass is 10.1. The Bertz CT molecular complexity index is 1100. The zero-order valence-electron chi connectivity index (χ0n) is 18.1. The number of methoxy groups -OCH3 is 4. The third-order valence-corrected chi connectivity index (χ3v) is 5.55. The molecule has 0 atom stereocenters. The number of nitro groups is 1. The van der Waals surface area contributed by atoms with Crippen LogP contribution in [0.4, 0.5) is 5.00 Å². The molecule has 0 saturated carbocycles. The Morgan fingerprint density at radius 2 is 1.53 bits per heavy atom. The maximum Gasteiger partial charge on any atom is 0.366 e. The molecule has 8 nitrogen and oxygen atoms in total. The molecular formula is C23H23NO7S. The molecule has 0 fully saturated rings. The number of nitrogens with zero attached hydrogens (tertiary/aromatic N) is 1. The Morgan fingerprint density at radius 3 is 2.09 bits per heavy atom. The fourth-order valence-corrected chi connectivity index (χ4v) is 3.86. The summed E-state index contributed by atoms with van der Waals surface area (Å²) in [6.07, 6.45) is 3.86. The summed E-state index contributed by atoms with van der Waals surface area (Å²) in [6.45, 7) is 0.203. The molecule has 0 saturated heterocycles. The van der Waals surface area contributed by atoms with Gasteiger partial charge in [0.15, 0.2) is 11.5 Å². The summed E-state index contributed by atoms with van der Waals surface area (Å²) in [5.74, 6) is 2.56. The number of hydrogen-bond donors (Lipinski definition) is 0. The predicted molar refractivity (Wildman–Crippen MR) is 123 cm³/mol. The molecule has 9 heteroatoms. The first-order chi connectivity index (χ1) is 15.5. The Morgan fingerprint density at radius 1 is 0.875 bits per heavy atom. The largest absolute Gasteiger partial charge is 0.493 e. The average Bonchev–Trinajstić information content (AvgIpc) is 3.24. The van der Waals surface area contributed by atoms with Crippen molar-refractivity contribution in [3.05, 3.63) is 68.6 Å². The van der Waals surface area contributed by atoms with Gasteiger partial charge in [0.05, 0.1) is 38.2 Å². The molecule has 1 aromatic heterocycles. The zero-order valence-corrected chi connectivity index (χ0v) is 18.9. The van der Waals surface area contributed by atoms with E-state index in [1.54, 1.807) is 27.4 Å². The molecule has 0 radical (unpaired) electrons. The van der Waals surface area contributed by atoms with Gasteiger partial charge >= 0.3 is 5.00 Å². The number of rotatable bonds is 10. The molecular weight excluding hydrogens is 434 g/mol. The first-order valence-electron chi connectivity index (χ1n) is 9.51. The summed E-state index contributed by atoms with van der Waals surface area (Å²) >= 11 is 1.04. The van der Waals surface area contributed by atoms with Crippen LogP contribution < -0.4 is 23.7 Å². The van der Waals surface area contributed by atoms with Crippen LogP contribution in [0.3, 0.4) is 0 Å². The fraction of sp³-hybridized carbons (Fsp3) is 0.217. The molecule has 32 heavy (non-hydrogen) atoms. The van der Waals surface area contributed by atoms with Crippen LogP contribution in [0.25, 0.3) is 12.2 Å². The van der Waals surface area contributed by atoms with Crippen molar-refractivity contribution >= 4 is 28.5 Å². The maximum absolute atomic E-state index is 11.1. The molecule has 0 aliphatic heterocycles. The summed E-state index contributed by atoms with van der Waals surface area (Å²) in [7, 11) is 6.11. The molecule has 0 aliphatic carbocycles. The lowest BCUT2D eigenvalue weighted by Gasteiger charge is -2.12.